The molecule has 1 aliphatic carbocycles. The standard InChI is InChI=1S/C12H15ClFNO.ClH/c13-10-9(14)6-5-8(12(10)16)11(15)7-3-1-2-4-7;/h5-7,11,16H,1-4,15H2;1H/t11-;/m0./s1. The number of hydrogen-bond acceptors (Lipinski definition) is 2. The van der Waals surface area contributed by atoms with E-state index in [2.05, 4.69) is 0 Å². The molecule has 0 spiro atoms. The lowest BCUT2D eigenvalue weighted by Crippen LogP contribution is -2.19. The Labute approximate surface area is 111 Å². The molecular formula is C12H16Cl2FNO. The van der Waals surface area contributed by atoms with Crippen molar-refractivity contribution in [3.8, 4) is 5.75 Å². The molecule has 5 heteroatoms. The second-order valence-electron chi connectivity index (χ2n) is 4.37. The van der Waals surface area contributed by atoms with Gasteiger partial charge in [0.2, 0.25) is 0 Å². The zero-order valence-corrected chi connectivity index (χ0v) is 10.9. The van der Waals surface area contributed by atoms with Gasteiger partial charge in [-0.05, 0) is 24.8 Å². The maximum Gasteiger partial charge on any atom is 0.145 e. The summed E-state index contributed by atoms with van der Waals surface area (Å²) in [5, 5.41) is 9.53. The van der Waals surface area contributed by atoms with Crippen LogP contribution in [0.1, 0.15) is 37.3 Å². The Balaban J connectivity index is 0.00000144. The molecule has 96 valence electrons. The van der Waals surface area contributed by atoms with Crippen molar-refractivity contribution in [3.05, 3.63) is 28.5 Å². The van der Waals surface area contributed by atoms with Crippen LogP contribution in [0, 0.1) is 11.7 Å². The lowest BCUT2D eigenvalue weighted by atomic mass is 9.92. The first-order chi connectivity index (χ1) is 7.61. The van der Waals surface area contributed by atoms with Gasteiger partial charge in [0.25, 0.3) is 0 Å². The van der Waals surface area contributed by atoms with Crippen LogP contribution in [0.4, 0.5) is 4.39 Å². The molecule has 0 amide bonds. The number of phenolic OH excluding ortho intramolecular Hbond substituents is 1. The molecule has 0 heterocycles. The van der Waals surface area contributed by atoms with E-state index in [0.717, 1.165) is 12.8 Å². The van der Waals surface area contributed by atoms with E-state index in [-0.39, 0.29) is 29.2 Å². The minimum absolute atomic E-state index is 0. The van der Waals surface area contributed by atoms with Crippen molar-refractivity contribution in [1.29, 1.82) is 0 Å². The van der Waals surface area contributed by atoms with Gasteiger partial charge >= 0.3 is 0 Å². The van der Waals surface area contributed by atoms with Gasteiger partial charge in [-0.2, -0.15) is 0 Å². The SMILES string of the molecule is Cl.N[C@H](c1ccc(F)c(Cl)c1O)C1CCCC1. The van der Waals surface area contributed by atoms with Crippen LogP contribution in [0.2, 0.25) is 5.02 Å². The predicted molar refractivity (Wildman–Crippen MR) is 69.2 cm³/mol. The Hall–Kier alpha value is -0.510. The summed E-state index contributed by atoms with van der Waals surface area (Å²) in [6.07, 6.45) is 4.48. The molecule has 1 atom stereocenters. The fourth-order valence-corrected chi connectivity index (χ4v) is 2.57. The molecule has 1 saturated carbocycles. The van der Waals surface area contributed by atoms with Crippen LogP contribution in [0.3, 0.4) is 0 Å². The molecule has 0 saturated heterocycles. The maximum absolute atomic E-state index is 13.1. The summed E-state index contributed by atoms with van der Waals surface area (Å²) in [6.45, 7) is 0. The third-order valence-corrected chi connectivity index (χ3v) is 3.73. The van der Waals surface area contributed by atoms with Gasteiger partial charge in [0.15, 0.2) is 0 Å². The summed E-state index contributed by atoms with van der Waals surface area (Å²) in [6, 6.07) is 2.53. The van der Waals surface area contributed by atoms with Crippen LogP contribution in [0.25, 0.3) is 0 Å². The minimum Gasteiger partial charge on any atom is -0.506 e. The highest BCUT2D eigenvalue weighted by Gasteiger charge is 2.26. The smallest absolute Gasteiger partial charge is 0.145 e. The monoisotopic (exact) mass is 279 g/mol. The van der Waals surface area contributed by atoms with E-state index in [9.17, 15) is 9.50 Å². The van der Waals surface area contributed by atoms with Crippen molar-refractivity contribution in [1.82, 2.24) is 0 Å². The number of hydrogen-bond donors (Lipinski definition) is 2. The average molecular weight is 280 g/mol. The van der Waals surface area contributed by atoms with E-state index in [4.69, 9.17) is 17.3 Å². The summed E-state index contributed by atoms with van der Waals surface area (Å²) in [7, 11) is 0. The highest BCUT2D eigenvalue weighted by atomic mass is 35.5. The van der Waals surface area contributed by atoms with E-state index in [0.29, 0.717) is 11.5 Å². The van der Waals surface area contributed by atoms with Gasteiger partial charge in [0, 0.05) is 11.6 Å². The molecule has 2 nitrogen and oxygen atoms in total. The van der Waals surface area contributed by atoms with E-state index in [1.54, 1.807) is 0 Å². The summed E-state index contributed by atoms with van der Waals surface area (Å²) in [5.41, 5.74) is 6.63. The number of aromatic hydroxyl groups is 1. The van der Waals surface area contributed by atoms with Crippen molar-refractivity contribution < 1.29 is 9.50 Å². The van der Waals surface area contributed by atoms with Gasteiger partial charge < -0.3 is 10.8 Å². The Morgan fingerprint density at radius 2 is 1.94 bits per heavy atom. The average Bonchev–Trinajstić information content (AvgIpc) is 2.79. The second-order valence-corrected chi connectivity index (χ2v) is 4.75. The predicted octanol–water partition coefficient (Wildman–Crippen LogP) is 3.80. The van der Waals surface area contributed by atoms with Gasteiger partial charge in [-0.15, -0.1) is 12.4 Å². The lowest BCUT2D eigenvalue weighted by molar-refractivity contribution is 0.410. The minimum atomic E-state index is -0.610. The fraction of sp³-hybridized carbons (Fsp3) is 0.500. The summed E-state index contributed by atoms with van der Waals surface area (Å²) in [4.78, 5) is 0. The molecular weight excluding hydrogens is 264 g/mol. The Bertz CT molecular complexity index is 394. The normalized spacial score (nSPS) is 17.8. The zero-order valence-electron chi connectivity index (χ0n) is 9.33. The van der Waals surface area contributed by atoms with E-state index in [1.807, 2.05) is 0 Å². The first-order valence-corrected chi connectivity index (χ1v) is 5.91. The van der Waals surface area contributed by atoms with Crippen molar-refractivity contribution in [2.75, 3.05) is 0 Å². The zero-order chi connectivity index (χ0) is 11.7. The molecule has 0 unspecified atom stereocenters. The Morgan fingerprint density at radius 1 is 1.35 bits per heavy atom. The maximum atomic E-state index is 13.1. The molecule has 17 heavy (non-hydrogen) atoms. The highest BCUT2D eigenvalue weighted by molar-refractivity contribution is 6.32. The summed E-state index contributed by atoms with van der Waals surface area (Å²) in [5.74, 6) is -0.449. The van der Waals surface area contributed by atoms with E-state index < -0.39 is 5.82 Å². The molecule has 1 aliphatic rings. The van der Waals surface area contributed by atoms with Crippen molar-refractivity contribution in [2.45, 2.75) is 31.7 Å². The number of phenols is 1. The summed E-state index contributed by atoms with van der Waals surface area (Å²) < 4.78 is 13.1. The van der Waals surface area contributed by atoms with Crippen LogP contribution in [0.5, 0.6) is 5.75 Å². The lowest BCUT2D eigenvalue weighted by Gasteiger charge is -2.20. The summed E-state index contributed by atoms with van der Waals surface area (Å²) >= 11 is 5.65. The number of halogens is 3. The molecule has 0 aromatic heterocycles. The fourth-order valence-electron chi connectivity index (χ4n) is 2.39. The first-order valence-electron chi connectivity index (χ1n) is 5.53. The first kappa shape index (κ1) is 14.6. The van der Waals surface area contributed by atoms with Gasteiger partial charge in [0.05, 0.1) is 0 Å². The molecule has 1 aromatic carbocycles. The van der Waals surface area contributed by atoms with Gasteiger partial charge in [-0.3, -0.25) is 0 Å². The van der Waals surface area contributed by atoms with Crippen LogP contribution >= 0.6 is 24.0 Å². The molecule has 0 aliphatic heterocycles. The largest absolute Gasteiger partial charge is 0.506 e. The van der Waals surface area contributed by atoms with Crippen molar-refractivity contribution in [3.63, 3.8) is 0 Å². The van der Waals surface area contributed by atoms with Crippen molar-refractivity contribution >= 4 is 24.0 Å². The Morgan fingerprint density at radius 3 is 2.53 bits per heavy atom. The van der Waals surface area contributed by atoms with Gasteiger partial charge in [-0.25, -0.2) is 4.39 Å². The van der Waals surface area contributed by atoms with E-state index in [1.165, 1.54) is 25.0 Å². The van der Waals surface area contributed by atoms with Gasteiger partial charge in [-0.1, -0.05) is 30.5 Å². The number of rotatable bonds is 2. The van der Waals surface area contributed by atoms with Crippen LogP contribution in [-0.2, 0) is 0 Å². The molecule has 0 radical (unpaired) electrons. The highest BCUT2D eigenvalue weighted by Crippen LogP contribution is 2.40. The molecule has 1 fully saturated rings. The molecule has 1 aromatic rings. The van der Waals surface area contributed by atoms with Crippen LogP contribution in [0.15, 0.2) is 12.1 Å². The quantitative estimate of drug-likeness (QED) is 0.865. The molecule has 3 N–H and O–H groups in total. The Kier molecular flexibility index (Phi) is 5.04. The number of nitrogens with two attached hydrogens (primary N) is 1. The molecule has 2 rings (SSSR count). The van der Waals surface area contributed by atoms with E-state index >= 15 is 0 Å². The third-order valence-electron chi connectivity index (χ3n) is 3.37. The van der Waals surface area contributed by atoms with Crippen LogP contribution in [-0.4, -0.2) is 5.11 Å². The second kappa shape index (κ2) is 5.89. The third kappa shape index (κ3) is 2.84. The topological polar surface area (TPSA) is 46.2 Å². The van der Waals surface area contributed by atoms with Crippen LogP contribution < -0.4 is 5.73 Å². The van der Waals surface area contributed by atoms with Gasteiger partial charge in [0.1, 0.15) is 16.6 Å². The number of benzene rings is 1. The van der Waals surface area contributed by atoms with Crippen molar-refractivity contribution in [2.24, 2.45) is 11.7 Å². The molecule has 0 bridgehead atoms.